The number of hydrogen-bond acceptors (Lipinski definition) is 8. The van der Waals surface area contributed by atoms with Crippen molar-refractivity contribution in [3.05, 3.63) is 0 Å². The minimum atomic E-state index is -0.437. The number of carbonyl (C=O) groups is 3. The second-order valence-corrected chi connectivity index (χ2v) is 21.0. The van der Waals surface area contributed by atoms with Gasteiger partial charge < -0.3 is 29.2 Å². The quantitative estimate of drug-likeness (QED) is 0.0365. The summed E-state index contributed by atoms with van der Waals surface area (Å²) in [5, 5.41) is 2.81. The van der Waals surface area contributed by atoms with Crippen molar-refractivity contribution in [3.63, 3.8) is 0 Å². The molecule has 0 heterocycles. The zero-order valence-electron chi connectivity index (χ0n) is 46.7. The van der Waals surface area contributed by atoms with E-state index in [-0.39, 0.29) is 18.0 Å². The van der Waals surface area contributed by atoms with E-state index < -0.39 is 6.09 Å². The molecule has 1 N–H and O–H groups in total. The standard InChI is InChI=1S/C60H118N2O7/c1-5-7-9-11-13-15-17-19-21-23-25-27-29-31-33-35-37-39-41-49-58(63)67-53-45-43-47-57(69-60(65)61-51-55-66-56-52-62(3)4)48-44-46-54-68-59(64)50-42-40-38-36-34-32-30-28-26-24-22-20-18-16-14-12-10-8-6-2/h57H,5-56H2,1-4H3,(H,61,65). The van der Waals surface area contributed by atoms with Gasteiger partial charge in [-0.3, -0.25) is 9.59 Å². The SMILES string of the molecule is CCCCCCCCCCCCCCCCCCCCCC(=O)OCCCCC(CCCCOC(=O)CCCCCCCCCCCCCCCCCCCCC)OC(=O)NCCOCCN(C)C. The number of esters is 2. The summed E-state index contributed by atoms with van der Waals surface area (Å²) < 4.78 is 22.5. The van der Waals surface area contributed by atoms with Crippen molar-refractivity contribution in [1.82, 2.24) is 10.2 Å². The largest absolute Gasteiger partial charge is 0.466 e. The Labute approximate surface area is 429 Å². The Morgan fingerprint density at radius 1 is 0.377 bits per heavy atom. The van der Waals surface area contributed by atoms with Crippen molar-refractivity contribution in [2.24, 2.45) is 0 Å². The Morgan fingerprint density at radius 2 is 0.681 bits per heavy atom. The van der Waals surface area contributed by atoms with Gasteiger partial charge in [0.05, 0.1) is 26.4 Å². The lowest BCUT2D eigenvalue weighted by Gasteiger charge is -2.18. The molecule has 0 rings (SSSR count). The Balaban J connectivity index is 4.01. The molecule has 0 fully saturated rings. The fraction of sp³-hybridized carbons (Fsp3) is 0.950. The smallest absolute Gasteiger partial charge is 0.407 e. The number of ether oxygens (including phenoxy) is 4. The second-order valence-electron chi connectivity index (χ2n) is 21.0. The molecule has 0 unspecified atom stereocenters. The van der Waals surface area contributed by atoms with Crippen LogP contribution in [0, 0.1) is 0 Å². The van der Waals surface area contributed by atoms with Crippen molar-refractivity contribution in [2.45, 2.75) is 315 Å². The Hall–Kier alpha value is -1.87. The summed E-state index contributed by atoms with van der Waals surface area (Å²) in [7, 11) is 4.00. The van der Waals surface area contributed by atoms with Gasteiger partial charge in [0.15, 0.2) is 0 Å². The fourth-order valence-electron chi connectivity index (χ4n) is 9.19. The monoisotopic (exact) mass is 979 g/mol. The number of hydrogen-bond donors (Lipinski definition) is 1. The molecule has 410 valence electrons. The molecular formula is C60H118N2O7. The molecule has 0 saturated heterocycles. The molecular weight excluding hydrogens is 861 g/mol. The first-order chi connectivity index (χ1) is 33.9. The van der Waals surface area contributed by atoms with E-state index in [1.54, 1.807) is 0 Å². The lowest BCUT2D eigenvalue weighted by Crippen LogP contribution is -2.32. The molecule has 9 heteroatoms. The third-order valence-electron chi connectivity index (χ3n) is 13.8. The highest BCUT2D eigenvalue weighted by Crippen LogP contribution is 2.18. The molecule has 0 atom stereocenters. The van der Waals surface area contributed by atoms with Crippen molar-refractivity contribution in [1.29, 1.82) is 0 Å². The molecule has 0 radical (unpaired) electrons. The highest BCUT2D eigenvalue weighted by atomic mass is 16.6. The first kappa shape index (κ1) is 67.1. The van der Waals surface area contributed by atoms with E-state index in [0.717, 1.165) is 57.9 Å². The number of rotatable bonds is 57. The minimum absolute atomic E-state index is 0.105. The highest BCUT2D eigenvalue weighted by molar-refractivity contribution is 5.69. The molecule has 0 aromatic carbocycles. The van der Waals surface area contributed by atoms with Crippen molar-refractivity contribution in [2.75, 3.05) is 53.6 Å². The summed E-state index contributed by atoms with van der Waals surface area (Å²) in [6.45, 7) is 7.64. The van der Waals surface area contributed by atoms with Crippen LogP contribution < -0.4 is 5.32 Å². The molecule has 0 aliphatic rings. The molecule has 0 spiro atoms. The zero-order valence-corrected chi connectivity index (χ0v) is 46.7. The van der Waals surface area contributed by atoms with E-state index >= 15 is 0 Å². The normalized spacial score (nSPS) is 11.5. The first-order valence-corrected chi connectivity index (χ1v) is 30.4. The van der Waals surface area contributed by atoms with Crippen LogP contribution in [-0.2, 0) is 28.5 Å². The van der Waals surface area contributed by atoms with Gasteiger partial charge in [-0.25, -0.2) is 4.79 Å². The molecule has 0 aliphatic carbocycles. The average Bonchev–Trinajstić information content (AvgIpc) is 3.33. The molecule has 1 amide bonds. The molecule has 69 heavy (non-hydrogen) atoms. The summed E-state index contributed by atoms with van der Waals surface area (Å²) >= 11 is 0. The zero-order chi connectivity index (χ0) is 50.2. The predicted molar refractivity (Wildman–Crippen MR) is 293 cm³/mol. The van der Waals surface area contributed by atoms with E-state index in [1.807, 2.05) is 14.1 Å². The van der Waals surface area contributed by atoms with E-state index in [9.17, 15) is 14.4 Å². The van der Waals surface area contributed by atoms with E-state index in [0.29, 0.717) is 58.7 Å². The van der Waals surface area contributed by atoms with Gasteiger partial charge in [0.25, 0.3) is 0 Å². The maximum atomic E-state index is 12.6. The maximum absolute atomic E-state index is 12.6. The minimum Gasteiger partial charge on any atom is -0.466 e. The number of alkyl carbamates (subject to hydrolysis) is 1. The summed E-state index contributed by atoms with van der Waals surface area (Å²) in [5.74, 6) is -0.209. The topological polar surface area (TPSA) is 103 Å². The number of nitrogens with zero attached hydrogens (tertiary/aromatic N) is 1. The Bertz CT molecular complexity index is 994. The average molecular weight is 980 g/mol. The number of carbonyl (C=O) groups excluding carboxylic acids is 3. The maximum Gasteiger partial charge on any atom is 0.407 e. The van der Waals surface area contributed by atoms with Crippen LogP contribution in [0.4, 0.5) is 4.79 Å². The number of amides is 1. The van der Waals surface area contributed by atoms with Crippen LogP contribution in [0.2, 0.25) is 0 Å². The fourth-order valence-corrected chi connectivity index (χ4v) is 9.19. The molecule has 0 aromatic rings. The van der Waals surface area contributed by atoms with E-state index in [4.69, 9.17) is 18.9 Å². The summed E-state index contributed by atoms with van der Waals surface area (Å²) in [6, 6.07) is 0. The van der Waals surface area contributed by atoms with Crippen LogP contribution in [0.25, 0.3) is 0 Å². The second kappa shape index (κ2) is 57.0. The number of nitrogens with one attached hydrogen (secondary N) is 1. The molecule has 0 aliphatic heterocycles. The third-order valence-corrected chi connectivity index (χ3v) is 13.8. The van der Waals surface area contributed by atoms with Gasteiger partial charge in [-0.15, -0.1) is 0 Å². The van der Waals surface area contributed by atoms with Crippen molar-refractivity contribution in [3.8, 4) is 0 Å². The summed E-state index contributed by atoms with van der Waals surface area (Å²) in [6.07, 6.45) is 55.7. The molecule has 0 bridgehead atoms. The first-order valence-electron chi connectivity index (χ1n) is 30.4. The van der Waals surface area contributed by atoms with Crippen LogP contribution in [0.15, 0.2) is 0 Å². The van der Waals surface area contributed by atoms with Gasteiger partial charge in [-0.05, 0) is 65.5 Å². The summed E-state index contributed by atoms with van der Waals surface area (Å²) in [4.78, 5) is 39.4. The Morgan fingerprint density at radius 3 is 0.986 bits per heavy atom. The number of likely N-dealkylation sites (N-methyl/N-ethyl adjacent to an activating group) is 1. The molecule has 9 nitrogen and oxygen atoms in total. The van der Waals surface area contributed by atoms with Gasteiger partial charge in [-0.1, -0.05) is 245 Å². The molecule has 0 aromatic heterocycles. The van der Waals surface area contributed by atoms with Crippen LogP contribution in [-0.4, -0.2) is 82.6 Å². The van der Waals surface area contributed by atoms with Crippen LogP contribution in [0.3, 0.4) is 0 Å². The summed E-state index contributed by atoms with van der Waals surface area (Å²) in [5.41, 5.74) is 0. The van der Waals surface area contributed by atoms with Gasteiger partial charge in [0, 0.05) is 25.9 Å². The van der Waals surface area contributed by atoms with Gasteiger partial charge >= 0.3 is 18.0 Å². The van der Waals surface area contributed by atoms with Crippen molar-refractivity contribution < 1.29 is 33.3 Å². The lowest BCUT2D eigenvalue weighted by molar-refractivity contribution is -0.144. The molecule has 0 saturated carbocycles. The van der Waals surface area contributed by atoms with Crippen LogP contribution in [0.5, 0.6) is 0 Å². The third kappa shape index (κ3) is 56.9. The van der Waals surface area contributed by atoms with E-state index in [2.05, 4.69) is 24.1 Å². The van der Waals surface area contributed by atoms with Crippen LogP contribution in [0.1, 0.15) is 309 Å². The van der Waals surface area contributed by atoms with Gasteiger partial charge in [0.1, 0.15) is 6.10 Å². The van der Waals surface area contributed by atoms with Crippen LogP contribution >= 0.6 is 0 Å². The van der Waals surface area contributed by atoms with E-state index in [1.165, 1.54) is 218 Å². The van der Waals surface area contributed by atoms with Gasteiger partial charge in [0.2, 0.25) is 0 Å². The van der Waals surface area contributed by atoms with Crippen molar-refractivity contribution >= 4 is 18.0 Å². The number of unbranched alkanes of at least 4 members (excludes halogenated alkanes) is 38. The Kier molecular flexibility index (Phi) is 55.5. The lowest BCUT2D eigenvalue weighted by atomic mass is 10.0. The predicted octanol–water partition coefficient (Wildman–Crippen LogP) is 17.7. The van der Waals surface area contributed by atoms with Gasteiger partial charge in [-0.2, -0.15) is 0 Å². The highest BCUT2D eigenvalue weighted by Gasteiger charge is 2.15.